The van der Waals surface area contributed by atoms with Crippen LogP contribution in [-0.2, 0) is 10.0 Å². The van der Waals surface area contributed by atoms with Gasteiger partial charge in [-0.15, -0.1) is 0 Å². The summed E-state index contributed by atoms with van der Waals surface area (Å²) in [5.41, 5.74) is 0.496. The second-order valence-electron chi connectivity index (χ2n) is 6.85. The summed E-state index contributed by atoms with van der Waals surface area (Å²) in [6.07, 6.45) is 1.64. The van der Waals surface area contributed by atoms with Crippen LogP contribution < -0.4 is 4.72 Å². The highest BCUT2D eigenvalue weighted by Gasteiger charge is 2.20. The lowest BCUT2D eigenvalue weighted by molar-refractivity contribution is 0.0728. The summed E-state index contributed by atoms with van der Waals surface area (Å²) in [5.74, 6) is 0.413. The number of rotatable bonds is 8. The molecule has 1 aromatic carbocycles. The molecule has 0 aliphatic rings. The van der Waals surface area contributed by atoms with Crippen molar-refractivity contribution in [3.63, 3.8) is 0 Å². The van der Waals surface area contributed by atoms with E-state index in [0.29, 0.717) is 17.9 Å². The number of benzene rings is 1. The van der Waals surface area contributed by atoms with E-state index in [0.717, 1.165) is 6.42 Å². The third-order valence-corrected chi connectivity index (χ3v) is 5.78. The Kier molecular flexibility index (Phi) is 7.42. The van der Waals surface area contributed by atoms with Crippen LogP contribution in [0.25, 0.3) is 0 Å². The first-order valence-corrected chi connectivity index (χ1v) is 9.96. The molecular formula is C18H30N2O3S. The summed E-state index contributed by atoms with van der Waals surface area (Å²) >= 11 is 0. The Labute approximate surface area is 146 Å². The highest BCUT2D eigenvalue weighted by molar-refractivity contribution is 7.89. The number of sulfonamides is 1. The third-order valence-electron chi connectivity index (χ3n) is 4.17. The van der Waals surface area contributed by atoms with Gasteiger partial charge in [-0.3, -0.25) is 4.79 Å². The molecule has 0 radical (unpaired) electrons. The first-order valence-electron chi connectivity index (χ1n) is 8.48. The van der Waals surface area contributed by atoms with Crippen molar-refractivity contribution in [1.82, 2.24) is 9.62 Å². The largest absolute Gasteiger partial charge is 0.339 e. The van der Waals surface area contributed by atoms with E-state index in [1.54, 1.807) is 24.1 Å². The number of hydrogen-bond donors (Lipinski definition) is 1. The quantitative estimate of drug-likeness (QED) is 0.779. The van der Waals surface area contributed by atoms with Gasteiger partial charge in [0.2, 0.25) is 10.0 Å². The maximum absolute atomic E-state index is 12.5. The highest BCUT2D eigenvalue weighted by Crippen LogP contribution is 2.16. The van der Waals surface area contributed by atoms with E-state index in [4.69, 9.17) is 0 Å². The van der Waals surface area contributed by atoms with Crippen molar-refractivity contribution in [3.05, 3.63) is 29.8 Å². The zero-order valence-corrected chi connectivity index (χ0v) is 16.4. The van der Waals surface area contributed by atoms with Crippen LogP contribution in [0.5, 0.6) is 0 Å². The van der Waals surface area contributed by atoms with Gasteiger partial charge >= 0.3 is 0 Å². The molecule has 2 unspecified atom stereocenters. The zero-order valence-electron chi connectivity index (χ0n) is 15.5. The Morgan fingerprint density at radius 2 is 1.67 bits per heavy atom. The van der Waals surface area contributed by atoms with E-state index >= 15 is 0 Å². The molecule has 2 atom stereocenters. The number of hydrogen-bond acceptors (Lipinski definition) is 3. The number of amides is 1. The molecule has 0 heterocycles. The molecule has 0 aliphatic heterocycles. The first kappa shape index (κ1) is 20.6. The number of nitrogens with one attached hydrogen (secondary N) is 1. The van der Waals surface area contributed by atoms with Gasteiger partial charge in [0, 0.05) is 24.7 Å². The van der Waals surface area contributed by atoms with Gasteiger partial charge in [0.25, 0.3) is 5.91 Å². The second kappa shape index (κ2) is 8.62. The van der Waals surface area contributed by atoms with Crippen LogP contribution in [0.1, 0.15) is 57.8 Å². The number of carbonyl (C=O) groups excluding carboxylic acids is 1. The molecule has 0 saturated heterocycles. The highest BCUT2D eigenvalue weighted by atomic mass is 32.2. The van der Waals surface area contributed by atoms with Crippen LogP contribution in [-0.4, -0.2) is 38.4 Å². The molecule has 0 bridgehead atoms. The van der Waals surface area contributed by atoms with Gasteiger partial charge < -0.3 is 4.90 Å². The van der Waals surface area contributed by atoms with Gasteiger partial charge in [0.1, 0.15) is 0 Å². The number of carbonyl (C=O) groups is 1. The van der Waals surface area contributed by atoms with Crippen molar-refractivity contribution in [3.8, 4) is 0 Å². The Balaban J connectivity index is 2.89. The lowest BCUT2D eigenvalue weighted by Crippen LogP contribution is -2.36. The molecule has 0 aromatic heterocycles. The third kappa shape index (κ3) is 5.60. The van der Waals surface area contributed by atoms with Crippen molar-refractivity contribution in [2.75, 3.05) is 7.05 Å². The van der Waals surface area contributed by atoms with Crippen molar-refractivity contribution >= 4 is 15.9 Å². The average Bonchev–Trinajstić information content (AvgIpc) is 2.52. The van der Waals surface area contributed by atoms with E-state index in [-0.39, 0.29) is 22.9 Å². The fourth-order valence-electron chi connectivity index (χ4n) is 2.44. The molecule has 1 rings (SSSR count). The Morgan fingerprint density at radius 3 is 2.12 bits per heavy atom. The molecule has 0 saturated carbocycles. The lowest BCUT2D eigenvalue weighted by Gasteiger charge is -2.26. The van der Waals surface area contributed by atoms with Crippen LogP contribution in [0.3, 0.4) is 0 Å². The van der Waals surface area contributed by atoms with E-state index in [1.165, 1.54) is 12.1 Å². The van der Waals surface area contributed by atoms with Crippen molar-refractivity contribution in [1.29, 1.82) is 0 Å². The number of nitrogens with zero attached hydrogens (tertiary/aromatic N) is 1. The van der Waals surface area contributed by atoms with Gasteiger partial charge in [-0.25, -0.2) is 13.1 Å². The molecule has 0 spiro atoms. The van der Waals surface area contributed by atoms with E-state index in [1.807, 2.05) is 20.8 Å². The summed E-state index contributed by atoms with van der Waals surface area (Å²) in [6, 6.07) is 6.13. The molecule has 1 N–H and O–H groups in total. The van der Waals surface area contributed by atoms with Crippen molar-refractivity contribution in [2.24, 2.45) is 5.92 Å². The van der Waals surface area contributed by atoms with Crippen molar-refractivity contribution in [2.45, 2.75) is 64.4 Å². The fourth-order valence-corrected chi connectivity index (χ4v) is 3.76. The molecule has 24 heavy (non-hydrogen) atoms. The molecule has 0 aliphatic carbocycles. The van der Waals surface area contributed by atoms with Crippen molar-refractivity contribution < 1.29 is 13.2 Å². The lowest BCUT2D eigenvalue weighted by atomic mass is 10.0. The predicted molar refractivity (Wildman–Crippen MR) is 97.5 cm³/mol. The van der Waals surface area contributed by atoms with Crippen LogP contribution in [0.15, 0.2) is 29.2 Å². The molecule has 1 amide bonds. The summed E-state index contributed by atoms with van der Waals surface area (Å²) < 4.78 is 27.1. The summed E-state index contributed by atoms with van der Waals surface area (Å²) in [6.45, 7) is 10.0. The summed E-state index contributed by atoms with van der Waals surface area (Å²) in [7, 11) is -1.76. The first-order chi connectivity index (χ1) is 11.1. The standard InChI is InChI=1S/C18H30N2O3S/c1-7-14(4)19-24(22,23)17-10-8-16(9-11-17)18(21)20(6)15(5)12-13(2)3/h8-11,13-15,19H,7,12H2,1-6H3. The van der Waals surface area contributed by atoms with E-state index < -0.39 is 10.0 Å². The smallest absolute Gasteiger partial charge is 0.253 e. The van der Waals surface area contributed by atoms with Crippen LogP contribution in [0, 0.1) is 5.92 Å². The van der Waals surface area contributed by atoms with Crippen LogP contribution >= 0.6 is 0 Å². The maximum Gasteiger partial charge on any atom is 0.253 e. The zero-order chi connectivity index (χ0) is 18.5. The molecular weight excluding hydrogens is 324 g/mol. The molecule has 1 aromatic rings. The monoisotopic (exact) mass is 354 g/mol. The van der Waals surface area contributed by atoms with Gasteiger partial charge in [-0.05, 0) is 56.9 Å². The summed E-state index contributed by atoms with van der Waals surface area (Å²) in [5, 5.41) is 0. The topological polar surface area (TPSA) is 66.5 Å². The fraction of sp³-hybridized carbons (Fsp3) is 0.611. The minimum absolute atomic E-state index is 0.0954. The van der Waals surface area contributed by atoms with Gasteiger partial charge in [0.05, 0.1) is 4.90 Å². The SMILES string of the molecule is CCC(C)NS(=O)(=O)c1ccc(C(=O)N(C)C(C)CC(C)C)cc1. The average molecular weight is 355 g/mol. The Hall–Kier alpha value is -1.40. The minimum Gasteiger partial charge on any atom is -0.339 e. The van der Waals surface area contributed by atoms with Crippen LogP contribution in [0.2, 0.25) is 0 Å². The normalized spacial score (nSPS) is 14.5. The molecule has 136 valence electrons. The Bertz CT molecular complexity index is 639. The van der Waals surface area contributed by atoms with Gasteiger partial charge in [-0.2, -0.15) is 0 Å². The molecule has 5 nitrogen and oxygen atoms in total. The Morgan fingerprint density at radius 1 is 1.12 bits per heavy atom. The maximum atomic E-state index is 12.5. The summed E-state index contributed by atoms with van der Waals surface area (Å²) in [4.78, 5) is 14.4. The van der Waals surface area contributed by atoms with E-state index in [9.17, 15) is 13.2 Å². The predicted octanol–water partition coefficient (Wildman–Crippen LogP) is 3.27. The van der Waals surface area contributed by atoms with Gasteiger partial charge in [-0.1, -0.05) is 20.8 Å². The van der Waals surface area contributed by atoms with Gasteiger partial charge in [0.15, 0.2) is 0 Å². The van der Waals surface area contributed by atoms with E-state index in [2.05, 4.69) is 18.6 Å². The molecule has 0 fully saturated rings. The van der Waals surface area contributed by atoms with Crippen LogP contribution in [0.4, 0.5) is 0 Å². The molecule has 6 heteroatoms. The minimum atomic E-state index is -3.54. The second-order valence-corrected chi connectivity index (χ2v) is 8.56.